The quantitative estimate of drug-likeness (QED) is 0.520. The molecule has 1 heterocycles. The van der Waals surface area contributed by atoms with E-state index in [0.29, 0.717) is 40.2 Å². The Morgan fingerprint density at radius 3 is 2.50 bits per heavy atom. The largest absolute Gasteiger partial charge is 0.495 e. The fraction of sp³-hybridized carbons (Fsp3) is 0.273. The van der Waals surface area contributed by atoms with E-state index in [2.05, 4.69) is 20.8 Å². The van der Waals surface area contributed by atoms with Crippen molar-refractivity contribution in [3.63, 3.8) is 0 Å². The molecule has 0 fully saturated rings. The molecule has 2 amide bonds. The molecule has 0 spiro atoms. The van der Waals surface area contributed by atoms with Gasteiger partial charge in [-0.3, -0.25) is 9.59 Å². The van der Waals surface area contributed by atoms with E-state index in [1.54, 1.807) is 50.2 Å². The van der Waals surface area contributed by atoms with Crippen LogP contribution in [0, 0.1) is 6.92 Å². The second-order valence-corrected chi connectivity index (χ2v) is 6.78. The predicted octanol–water partition coefficient (Wildman–Crippen LogP) is 2.90. The van der Waals surface area contributed by atoms with Crippen molar-refractivity contribution in [2.75, 3.05) is 26.1 Å². The van der Waals surface area contributed by atoms with Crippen LogP contribution in [0.1, 0.15) is 35.0 Å². The van der Waals surface area contributed by atoms with Gasteiger partial charge >= 0.3 is 0 Å². The molecule has 2 aromatic carbocycles. The smallest absolute Gasteiger partial charge is 0.262 e. The maximum absolute atomic E-state index is 12.6. The number of hydrogen-bond donors (Lipinski definition) is 2. The molecule has 1 atom stereocenters. The summed E-state index contributed by atoms with van der Waals surface area (Å²) in [5.74, 6) is 1.24. The number of anilines is 1. The zero-order chi connectivity index (χ0) is 23.1. The molecular weight excluding hydrogens is 416 g/mol. The van der Waals surface area contributed by atoms with Crippen LogP contribution in [0.25, 0.3) is 0 Å². The Balaban J connectivity index is 1.62. The van der Waals surface area contributed by atoms with E-state index in [1.165, 1.54) is 20.3 Å². The van der Waals surface area contributed by atoms with Gasteiger partial charge in [-0.05, 0) is 44.2 Å². The summed E-state index contributed by atoms with van der Waals surface area (Å²) < 4.78 is 21.2. The maximum atomic E-state index is 12.6. The third kappa shape index (κ3) is 5.54. The highest BCUT2D eigenvalue weighted by atomic mass is 16.5. The second-order valence-electron chi connectivity index (χ2n) is 6.78. The summed E-state index contributed by atoms with van der Waals surface area (Å²) in [5, 5.41) is 9.21. The first kappa shape index (κ1) is 22.6. The van der Waals surface area contributed by atoms with Gasteiger partial charge in [-0.2, -0.15) is 4.98 Å². The molecule has 10 heteroatoms. The second kappa shape index (κ2) is 10.3. The van der Waals surface area contributed by atoms with Crippen LogP contribution in [-0.2, 0) is 4.79 Å². The van der Waals surface area contributed by atoms with Gasteiger partial charge in [0.25, 0.3) is 11.8 Å². The fourth-order valence-corrected chi connectivity index (χ4v) is 2.84. The van der Waals surface area contributed by atoms with Crippen molar-refractivity contribution in [2.45, 2.75) is 19.9 Å². The average molecular weight is 440 g/mol. The lowest BCUT2D eigenvalue weighted by Gasteiger charge is -2.14. The Morgan fingerprint density at radius 1 is 1.06 bits per heavy atom. The first-order valence-corrected chi connectivity index (χ1v) is 9.76. The van der Waals surface area contributed by atoms with E-state index in [9.17, 15) is 9.59 Å². The Bertz CT molecular complexity index is 1100. The molecule has 3 aromatic rings. The lowest BCUT2D eigenvalue weighted by atomic mass is 10.1. The van der Waals surface area contributed by atoms with Gasteiger partial charge in [0.15, 0.2) is 23.9 Å². The summed E-state index contributed by atoms with van der Waals surface area (Å²) in [6, 6.07) is 11.2. The van der Waals surface area contributed by atoms with E-state index >= 15 is 0 Å². The summed E-state index contributed by atoms with van der Waals surface area (Å²) in [6.07, 6.45) is 0. The molecule has 2 N–H and O–H groups in total. The van der Waals surface area contributed by atoms with Gasteiger partial charge < -0.3 is 29.4 Å². The van der Waals surface area contributed by atoms with Crippen LogP contribution < -0.4 is 24.8 Å². The molecular formula is C22H24N4O6. The number of para-hydroxylation sites is 2. The number of amides is 2. The predicted molar refractivity (Wildman–Crippen MR) is 115 cm³/mol. The highest BCUT2D eigenvalue weighted by Gasteiger charge is 2.18. The van der Waals surface area contributed by atoms with E-state index in [1.807, 2.05) is 0 Å². The Morgan fingerprint density at radius 2 is 1.81 bits per heavy atom. The number of benzene rings is 2. The number of aromatic nitrogens is 2. The summed E-state index contributed by atoms with van der Waals surface area (Å²) in [4.78, 5) is 28.9. The number of hydrogen-bond acceptors (Lipinski definition) is 8. The zero-order valence-electron chi connectivity index (χ0n) is 18.2. The molecule has 1 aromatic heterocycles. The van der Waals surface area contributed by atoms with Crippen LogP contribution in [-0.4, -0.2) is 42.8 Å². The molecule has 32 heavy (non-hydrogen) atoms. The van der Waals surface area contributed by atoms with Crippen LogP contribution in [0.4, 0.5) is 5.69 Å². The number of carbonyl (C=O) groups excluding carboxylic acids is 2. The third-order valence-electron chi connectivity index (χ3n) is 4.43. The van der Waals surface area contributed by atoms with Crippen LogP contribution in [0.3, 0.4) is 0 Å². The zero-order valence-corrected chi connectivity index (χ0v) is 18.2. The van der Waals surface area contributed by atoms with Gasteiger partial charge in [0.2, 0.25) is 5.89 Å². The monoisotopic (exact) mass is 440 g/mol. The number of methoxy groups -OCH3 is 2. The van der Waals surface area contributed by atoms with Crippen LogP contribution >= 0.6 is 0 Å². The molecule has 0 saturated carbocycles. The van der Waals surface area contributed by atoms with Gasteiger partial charge in [0, 0.05) is 5.56 Å². The molecule has 0 unspecified atom stereocenters. The average Bonchev–Trinajstić information content (AvgIpc) is 3.24. The number of nitrogens with zero attached hydrogens (tertiary/aromatic N) is 2. The highest BCUT2D eigenvalue weighted by molar-refractivity contribution is 5.95. The molecule has 0 bridgehead atoms. The normalized spacial score (nSPS) is 11.4. The number of rotatable bonds is 9. The third-order valence-corrected chi connectivity index (χ3v) is 4.43. The van der Waals surface area contributed by atoms with Crippen molar-refractivity contribution in [3.8, 4) is 17.2 Å². The number of ether oxygens (including phenoxy) is 3. The maximum Gasteiger partial charge on any atom is 0.262 e. The molecule has 0 aliphatic rings. The molecule has 10 nitrogen and oxygen atoms in total. The van der Waals surface area contributed by atoms with Crippen molar-refractivity contribution < 1.29 is 28.3 Å². The van der Waals surface area contributed by atoms with Crippen LogP contribution in [0.15, 0.2) is 47.0 Å². The standard InChI is InChI=1S/C22H24N4O6/c1-13(22-24-14(2)26-32-22)23-21(28)15-9-10-18(19(11-15)30-4)31-12-20(27)25-16-7-5-6-8-17(16)29-3/h5-11,13H,12H2,1-4H3,(H,23,28)(H,25,27)/t13-/m1/s1. The molecule has 0 aliphatic carbocycles. The fourth-order valence-electron chi connectivity index (χ4n) is 2.84. The van der Waals surface area contributed by atoms with E-state index in [0.717, 1.165) is 0 Å². The SMILES string of the molecule is COc1ccccc1NC(=O)COc1ccc(C(=O)N[C@H](C)c2nc(C)no2)cc1OC. The lowest BCUT2D eigenvalue weighted by molar-refractivity contribution is -0.118. The van der Waals surface area contributed by atoms with Gasteiger partial charge in [-0.15, -0.1) is 0 Å². The number of carbonyl (C=O) groups is 2. The van der Waals surface area contributed by atoms with Crippen molar-refractivity contribution in [1.29, 1.82) is 0 Å². The van der Waals surface area contributed by atoms with E-state index in [-0.39, 0.29) is 18.4 Å². The van der Waals surface area contributed by atoms with E-state index < -0.39 is 6.04 Å². The van der Waals surface area contributed by atoms with Gasteiger partial charge in [0.05, 0.1) is 19.9 Å². The summed E-state index contributed by atoms with van der Waals surface area (Å²) in [7, 11) is 2.97. The minimum atomic E-state index is -0.468. The first-order chi connectivity index (χ1) is 15.4. The molecule has 0 saturated heterocycles. The Labute approximate surface area is 184 Å². The number of aryl methyl sites for hydroxylation is 1. The topological polar surface area (TPSA) is 125 Å². The van der Waals surface area contributed by atoms with Crippen molar-refractivity contribution in [3.05, 3.63) is 59.7 Å². The first-order valence-electron chi connectivity index (χ1n) is 9.76. The molecule has 0 aliphatic heterocycles. The van der Waals surface area contributed by atoms with E-state index in [4.69, 9.17) is 18.7 Å². The van der Waals surface area contributed by atoms with Gasteiger partial charge in [-0.1, -0.05) is 17.3 Å². The molecule has 3 rings (SSSR count). The lowest BCUT2D eigenvalue weighted by Crippen LogP contribution is -2.27. The van der Waals surface area contributed by atoms with Gasteiger partial charge in [-0.25, -0.2) is 0 Å². The minimum Gasteiger partial charge on any atom is -0.495 e. The van der Waals surface area contributed by atoms with Crippen molar-refractivity contribution in [2.24, 2.45) is 0 Å². The van der Waals surface area contributed by atoms with Crippen molar-refractivity contribution >= 4 is 17.5 Å². The minimum absolute atomic E-state index is 0.256. The van der Waals surface area contributed by atoms with Crippen LogP contribution in [0.2, 0.25) is 0 Å². The Hall–Kier alpha value is -4.08. The summed E-state index contributed by atoms with van der Waals surface area (Å²) in [5.41, 5.74) is 0.879. The highest BCUT2D eigenvalue weighted by Crippen LogP contribution is 2.29. The Kier molecular flexibility index (Phi) is 7.27. The molecule has 168 valence electrons. The molecule has 0 radical (unpaired) electrons. The van der Waals surface area contributed by atoms with Crippen molar-refractivity contribution in [1.82, 2.24) is 15.5 Å². The number of nitrogens with one attached hydrogen (secondary N) is 2. The summed E-state index contributed by atoms with van der Waals surface area (Å²) >= 11 is 0. The summed E-state index contributed by atoms with van der Waals surface area (Å²) in [6.45, 7) is 3.18. The van der Waals surface area contributed by atoms with Gasteiger partial charge in [0.1, 0.15) is 11.8 Å². The van der Waals surface area contributed by atoms with Crippen LogP contribution in [0.5, 0.6) is 17.2 Å².